The van der Waals surface area contributed by atoms with Gasteiger partial charge < -0.3 is 20.5 Å². The normalized spacial score (nSPS) is 12.3. The predicted molar refractivity (Wildman–Crippen MR) is 75.7 cm³/mol. The summed E-state index contributed by atoms with van der Waals surface area (Å²) in [6.07, 6.45) is -0.769. The lowest BCUT2D eigenvalue weighted by Crippen LogP contribution is -2.36. The summed E-state index contributed by atoms with van der Waals surface area (Å²) in [5.74, 6) is -0.366. The molecule has 0 fully saturated rings. The number of halogens is 2. The number of hydrogen-bond donors (Lipinski definition) is 2. The van der Waals surface area contributed by atoms with E-state index in [-0.39, 0.29) is 34.7 Å². The van der Waals surface area contributed by atoms with Crippen molar-refractivity contribution in [3.05, 3.63) is 27.7 Å². The molecule has 1 aromatic carbocycles. The molecule has 0 saturated heterocycles. The van der Waals surface area contributed by atoms with Crippen molar-refractivity contribution in [2.75, 3.05) is 33.0 Å². The summed E-state index contributed by atoms with van der Waals surface area (Å²) in [5.41, 5.74) is 6.19. The van der Waals surface area contributed by atoms with Gasteiger partial charge in [-0.15, -0.1) is 0 Å². The Labute approximate surface area is 121 Å². The number of hydrogen-bond acceptors (Lipinski definition) is 4. The summed E-state index contributed by atoms with van der Waals surface area (Å²) in [6.45, 7) is 0.262. The van der Waals surface area contributed by atoms with Crippen molar-refractivity contribution in [2.45, 2.75) is 6.10 Å². The van der Waals surface area contributed by atoms with Crippen LogP contribution >= 0.6 is 23.2 Å². The molecule has 0 aliphatic carbocycles. The molecule has 1 aromatic rings. The fourth-order valence-electron chi connectivity index (χ4n) is 1.62. The van der Waals surface area contributed by atoms with E-state index in [1.165, 1.54) is 24.1 Å². The minimum Gasteiger partial charge on any atom is -0.399 e. The second kappa shape index (κ2) is 6.96. The average molecular weight is 307 g/mol. The van der Waals surface area contributed by atoms with Gasteiger partial charge in [-0.3, -0.25) is 4.79 Å². The van der Waals surface area contributed by atoms with E-state index in [0.29, 0.717) is 5.69 Å². The molecule has 1 unspecified atom stereocenters. The zero-order valence-electron chi connectivity index (χ0n) is 10.7. The van der Waals surface area contributed by atoms with Crippen LogP contribution in [0.5, 0.6) is 0 Å². The van der Waals surface area contributed by atoms with Crippen LogP contribution < -0.4 is 5.73 Å². The summed E-state index contributed by atoms with van der Waals surface area (Å²) in [7, 11) is 3.02. The van der Waals surface area contributed by atoms with Crippen LogP contribution in [0.15, 0.2) is 12.1 Å². The minimum absolute atomic E-state index is 0.120. The van der Waals surface area contributed by atoms with E-state index in [1.54, 1.807) is 7.05 Å². The van der Waals surface area contributed by atoms with Crippen molar-refractivity contribution in [3.63, 3.8) is 0 Å². The molecular formula is C12H16Cl2N2O3. The molecule has 5 nitrogen and oxygen atoms in total. The molecule has 7 heteroatoms. The first-order valence-corrected chi connectivity index (χ1v) is 6.29. The lowest BCUT2D eigenvalue weighted by atomic mass is 10.1. The van der Waals surface area contributed by atoms with E-state index in [2.05, 4.69) is 0 Å². The third-order valence-electron chi connectivity index (χ3n) is 2.47. The van der Waals surface area contributed by atoms with E-state index < -0.39 is 6.10 Å². The molecule has 106 valence electrons. The van der Waals surface area contributed by atoms with Crippen LogP contribution in [0.2, 0.25) is 10.0 Å². The molecule has 0 heterocycles. The van der Waals surface area contributed by atoms with Crippen LogP contribution in [0.1, 0.15) is 10.4 Å². The summed E-state index contributed by atoms with van der Waals surface area (Å²) >= 11 is 11.9. The van der Waals surface area contributed by atoms with Crippen LogP contribution in [0.4, 0.5) is 5.69 Å². The van der Waals surface area contributed by atoms with Crippen molar-refractivity contribution >= 4 is 34.8 Å². The first-order valence-electron chi connectivity index (χ1n) is 5.53. The van der Waals surface area contributed by atoms with Gasteiger partial charge in [-0.2, -0.15) is 0 Å². The average Bonchev–Trinajstić information content (AvgIpc) is 2.33. The number of nitrogens with two attached hydrogens (primary N) is 1. The summed E-state index contributed by atoms with van der Waals surface area (Å²) in [4.78, 5) is 13.5. The number of nitrogen functional groups attached to an aromatic ring is 1. The number of methoxy groups -OCH3 is 1. The lowest BCUT2D eigenvalue weighted by molar-refractivity contribution is 0.0380. The number of rotatable bonds is 5. The van der Waals surface area contributed by atoms with E-state index in [0.717, 1.165) is 0 Å². The number of aliphatic hydroxyl groups is 1. The largest absolute Gasteiger partial charge is 0.399 e. The highest BCUT2D eigenvalue weighted by molar-refractivity contribution is 6.44. The van der Waals surface area contributed by atoms with Crippen LogP contribution in [0.25, 0.3) is 0 Å². The molecule has 0 saturated carbocycles. The molecule has 0 aliphatic heterocycles. The molecule has 19 heavy (non-hydrogen) atoms. The van der Waals surface area contributed by atoms with Crippen LogP contribution in [0.3, 0.4) is 0 Å². The smallest absolute Gasteiger partial charge is 0.255 e. The van der Waals surface area contributed by atoms with Crippen molar-refractivity contribution in [1.29, 1.82) is 0 Å². The van der Waals surface area contributed by atoms with E-state index >= 15 is 0 Å². The zero-order chi connectivity index (χ0) is 14.6. The van der Waals surface area contributed by atoms with Crippen molar-refractivity contribution in [2.24, 2.45) is 0 Å². The number of likely N-dealkylation sites (N-methyl/N-ethyl adjacent to an activating group) is 1. The number of carbonyl (C=O) groups excluding carboxylic acids is 1. The number of nitrogens with zero attached hydrogens (tertiary/aromatic N) is 1. The molecule has 0 spiro atoms. The molecular weight excluding hydrogens is 291 g/mol. The van der Waals surface area contributed by atoms with Gasteiger partial charge >= 0.3 is 0 Å². The van der Waals surface area contributed by atoms with E-state index in [9.17, 15) is 9.90 Å². The molecule has 0 aromatic heterocycles. The Morgan fingerprint density at radius 2 is 2.16 bits per heavy atom. The first-order chi connectivity index (χ1) is 8.86. The van der Waals surface area contributed by atoms with E-state index in [4.69, 9.17) is 33.7 Å². The van der Waals surface area contributed by atoms with Crippen LogP contribution in [-0.2, 0) is 4.74 Å². The number of carbonyl (C=O) groups is 1. The molecule has 3 N–H and O–H groups in total. The van der Waals surface area contributed by atoms with Gasteiger partial charge in [0.1, 0.15) is 0 Å². The van der Waals surface area contributed by atoms with Crippen molar-refractivity contribution < 1.29 is 14.6 Å². The van der Waals surface area contributed by atoms with E-state index in [1.807, 2.05) is 0 Å². The first kappa shape index (κ1) is 16.0. The second-order valence-corrected chi connectivity index (χ2v) is 4.94. The Bertz CT molecular complexity index is 469. The summed E-state index contributed by atoms with van der Waals surface area (Å²) < 4.78 is 4.80. The van der Waals surface area contributed by atoms with Crippen LogP contribution in [-0.4, -0.2) is 49.3 Å². The highest BCUT2D eigenvalue weighted by Gasteiger charge is 2.19. The minimum atomic E-state index is -0.769. The molecule has 0 aliphatic rings. The van der Waals surface area contributed by atoms with Gasteiger partial charge in [-0.25, -0.2) is 0 Å². The highest BCUT2D eigenvalue weighted by Crippen LogP contribution is 2.29. The fraction of sp³-hybridized carbons (Fsp3) is 0.417. The Morgan fingerprint density at radius 1 is 1.53 bits per heavy atom. The Balaban J connectivity index is 2.88. The number of benzene rings is 1. The number of anilines is 1. The molecule has 1 rings (SSSR count). The lowest BCUT2D eigenvalue weighted by Gasteiger charge is -2.21. The van der Waals surface area contributed by atoms with Gasteiger partial charge in [-0.1, -0.05) is 23.2 Å². The van der Waals surface area contributed by atoms with Gasteiger partial charge in [0, 0.05) is 26.4 Å². The van der Waals surface area contributed by atoms with Gasteiger partial charge in [0.2, 0.25) is 0 Å². The van der Waals surface area contributed by atoms with Crippen LogP contribution in [0, 0.1) is 0 Å². The number of amides is 1. The third kappa shape index (κ3) is 4.24. The van der Waals surface area contributed by atoms with Gasteiger partial charge in [0.15, 0.2) is 0 Å². The number of ether oxygens (including phenoxy) is 1. The molecule has 1 atom stereocenters. The maximum absolute atomic E-state index is 12.2. The second-order valence-electron chi connectivity index (χ2n) is 4.16. The van der Waals surface area contributed by atoms with Gasteiger partial charge in [0.25, 0.3) is 5.91 Å². The monoisotopic (exact) mass is 306 g/mol. The summed E-state index contributed by atoms with van der Waals surface area (Å²) in [6, 6.07) is 2.93. The Morgan fingerprint density at radius 3 is 2.74 bits per heavy atom. The Kier molecular flexibility index (Phi) is 5.87. The quantitative estimate of drug-likeness (QED) is 0.811. The van der Waals surface area contributed by atoms with Gasteiger partial charge in [-0.05, 0) is 12.1 Å². The van der Waals surface area contributed by atoms with Crippen molar-refractivity contribution in [3.8, 4) is 0 Å². The summed E-state index contributed by atoms with van der Waals surface area (Å²) in [5, 5.41) is 9.96. The number of aliphatic hydroxyl groups excluding tert-OH is 1. The maximum Gasteiger partial charge on any atom is 0.255 e. The zero-order valence-corrected chi connectivity index (χ0v) is 12.2. The molecule has 0 radical (unpaired) electrons. The highest BCUT2D eigenvalue weighted by atomic mass is 35.5. The third-order valence-corrected chi connectivity index (χ3v) is 3.27. The van der Waals surface area contributed by atoms with Crippen molar-refractivity contribution in [1.82, 2.24) is 4.90 Å². The maximum atomic E-state index is 12.2. The van der Waals surface area contributed by atoms with Gasteiger partial charge in [0.05, 0.1) is 28.3 Å². The molecule has 0 bridgehead atoms. The standard InChI is InChI=1S/C12H16Cl2N2O3/c1-16(5-8(17)6-19-2)12(18)9-3-7(15)4-10(13)11(9)14/h3-4,8,17H,5-6,15H2,1-2H3. The Hall–Kier alpha value is -1.01. The predicted octanol–water partition coefficient (Wildman–Crippen LogP) is 1.65. The fourth-order valence-corrected chi connectivity index (χ4v) is 2.03. The SMILES string of the molecule is COCC(O)CN(C)C(=O)c1cc(N)cc(Cl)c1Cl. The molecule has 1 amide bonds. The topological polar surface area (TPSA) is 75.8 Å².